The summed E-state index contributed by atoms with van der Waals surface area (Å²) >= 11 is 0. The normalized spacial score (nSPS) is 11.4. The third kappa shape index (κ3) is 3.47. The van der Waals surface area contributed by atoms with Crippen LogP contribution in [0.4, 0.5) is 0 Å². The Morgan fingerprint density at radius 3 is 2.50 bits per heavy atom. The maximum atomic E-state index is 11.1. The van der Waals surface area contributed by atoms with E-state index in [2.05, 4.69) is 26.2 Å². The molecule has 1 aromatic rings. The Balaban J connectivity index is 3.03. The number of aryl methyl sites for hydroxylation is 2. The SMILES string of the molecule is Cc1cc(C(C)(C)C)cc(CCC(=O)NN)c1O. The van der Waals surface area contributed by atoms with Gasteiger partial charge in [0.15, 0.2) is 0 Å². The lowest BCUT2D eigenvalue weighted by molar-refractivity contribution is -0.121. The van der Waals surface area contributed by atoms with Crippen LogP contribution in [0.3, 0.4) is 0 Å². The van der Waals surface area contributed by atoms with Gasteiger partial charge in [0.05, 0.1) is 0 Å². The molecule has 1 amide bonds. The molecule has 0 unspecified atom stereocenters. The van der Waals surface area contributed by atoms with Crippen LogP contribution in [0.5, 0.6) is 5.75 Å². The van der Waals surface area contributed by atoms with E-state index < -0.39 is 0 Å². The number of benzene rings is 1. The number of rotatable bonds is 3. The second kappa shape index (κ2) is 5.40. The van der Waals surface area contributed by atoms with E-state index in [1.807, 2.05) is 19.1 Å². The van der Waals surface area contributed by atoms with Gasteiger partial charge in [0.2, 0.25) is 5.91 Å². The van der Waals surface area contributed by atoms with Gasteiger partial charge in [0, 0.05) is 6.42 Å². The molecule has 0 aliphatic heterocycles. The quantitative estimate of drug-likeness (QED) is 0.436. The van der Waals surface area contributed by atoms with Gasteiger partial charge in [-0.25, -0.2) is 5.84 Å². The Labute approximate surface area is 108 Å². The van der Waals surface area contributed by atoms with E-state index in [4.69, 9.17) is 5.84 Å². The minimum Gasteiger partial charge on any atom is -0.507 e. The smallest absolute Gasteiger partial charge is 0.234 e. The first-order chi connectivity index (χ1) is 8.25. The fourth-order valence-electron chi connectivity index (χ4n) is 1.80. The van der Waals surface area contributed by atoms with E-state index >= 15 is 0 Å². The second-order valence-electron chi connectivity index (χ2n) is 5.62. The number of carbonyl (C=O) groups is 1. The molecule has 0 saturated heterocycles. The number of carbonyl (C=O) groups excluding carboxylic acids is 1. The van der Waals surface area contributed by atoms with Crippen LogP contribution in [-0.2, 0) is 16.6 Å². The molecular weight excluding hydrogens is 228 g/mol. The van der Waals surface area contributed by atoms with Crippen molar-refractivity contribution in [3.05, 3.63) is 28.8 Å². The van der Waals surface area contributed by atoms with Crippen molar-refractivity contribution in [3.63, 3.8) is 0 Å². The van der Waals surface area contributed by atoms with E-state index in [-0.39, 0.29) is 23.5 Å². The van der Waals surface area contributed by atoms with Crippen LogP contribution in [0.25, 0.3) is 0 Å². The lowest BCUT2D eigenvalue weighted by Crippen LogP contribution is -2.30. The summed E-state index contributed by atoms with van der Waals surface area (Å²) < 4.78 is 0. The molecule has 0 heterocycles. The highest BCUT2D eigenvalue weighted by molar-refractivity contribution is 5.75. The Hall–Kier alpha value is -1.55. The average molecular weight is 250 g/mol. The van der Waals surface area contributed by atoms with E-state index in [1.54, 1.807) is 0 Å². The van der Waals surface area contributed by atoms with Gasteiger partial charge in [-0.1, -0.05) is 32.9 Å². The van der Waals surface area contributed by atoms with Crippen LogP contribution in [0.15, 0.2) is 12.1 Å². The fourth-order valence-corrected chi connectivity index (χ4v) is 1.80. The van der Waals surface area contributed by atoms with Gasteiger partial charge in [-0.3, -0.25) is 10.2 Å². The van der Waals surface area contributed by atoms with Crippen LogP contribution in [0, 0.1) is 6.92 Å². The Morgan fingerprint density at radius 2 is 2.00 bits per heavy atom. The van der Waals surface area contributed by atoms with Gasteiger partial charge in [0.1, 0.15) is 5.75 Å². The second-order valence-corrected chi connectivity index (χ2v) is 5.62. The summed E-state index contributed by atoms with van der Waals surface area (Å²) in [6.07, 6.45) is 0.761. The highest BCUT2D eigenvalue weighted by atomic mass is 16.3. The number of hydrogen-bond donors (Lipinski definition) is 3. The summed E-state index contributed by atoms with van der Waals surface area (Å²) in [5.74, 6) is 5.08. The zero-order valence-corrected chi connectivity index (χ0v) is 11.5. The standard InChI is InChI=1S/C14H22N2O2/c1-9-7-11(14(2,3)4)8-10(13(9)18)5-6-12(17)16-15/h7-8,18H,5-6,15H2,1-4H3,(H,16,17). The summed E-state index contributed by atoms with van der Waals surface area (Å²) in [4.78, 5) is 11.1. The molecule has 4 heteroatoms. The molecule has 0 saturated carbocycles. The summed E-state index contributed by atoms with van der Waals surface area (Å²) in [7, 11) is 0. The zero-order chi connectivity index (χ0) is 13.9. The third-order valence-corrected chi connectivity index (χ3v) is 3.03. The largest absolute Gasteiger partial charge is 0.507 e. The van der Waals surface area contributed by atoms with Crippen molar-refractivity contribution in [2.45, 2.75) is 46.0 Å². The minimum absolute atomic E-state index is 0.0172. The Bertz CT molecular complexity index is 448. The fraction of sp³-hybridized carbons (Fsp3) is 0.500. The molecule has 1 rings (SSSR count). The van der Waals surface area contributed by atoms with Gasteiger partial charge in [0.25, 0.3) is 0 Å². The van der Waals surface area contributed by atoms with Crippen LogP contribution < -0.4 is 11.3 Å². The average Bonchev–Trinajstić information content (AvgIpc) is 2.28. The van der Waals surface area contributed by atoms with E-state index in [0.29, 0.717) is 6.42 Å². The van der Waals surface area contributed by atoms with Crippen molar-refractivity contribution in [2.75, 3.05) is 0 Å². The molecule has 18 heavy (non-hydrogen) atoms. The molecule has 100 valence electrons. The van der Waals surface area contributed by atoms with Crippen molar-refractivity contribution in [3.8, 4) is 5.75 Å². The zero-order valence-electron chi connectivity index (χ0n) is 11.5. The van der Waals surface area contributed by atoms with E-state index in [0.717, 1.165) is 16.7 Å². The molecule has 1 aromatic carbocycles. The summed E-state index contributed by atoms with van der Waals surface area (Å²) in [6, 6.07) is 3.95. The van der Waals surface area contributed by atoms with Crippen LogP contribution >= 0.6 is 0 Å². The number of nitrogens with two attached hydrogens (primary N) is 1. The van der Waals surface area contributed by atoms with Crippen LogP contribution in [0.2, 0.25) is 0 Å². The van der Waals surface area contributed by atoms with Crippen molar-refractivity contribution < 1.29 is 9.90 Å². The monoisotopic (exact) mass is 250 g/mol. The molecule has 4 nitrogen and oxygen atoms in total. The number of amides is 1. The highest BCUT2D eigenvalue weighted by Gasteiger charge is 2.17. The molecule has 0 aliphatic carbocycles. The first kappa shape index (κ1) is 14.5. The number of hydrogen-bond acceptors (Lipinski definition) is 3. The van der Waals surface area contributed by atoms with Crippen molar-refractivity contribution in [1.82, 2.24) is 5.43 Å². The first-order valence-corrected chi connectivity index (χ1v) is 6.08. The van der Waals surface area contributed by atoms with Gasteiger partial charge >= 0.3 is 0 Å². The highest BCUT2D eigenvalue weighted by Crippen LogP contribution is 2.31. The number of phenolic OH excluding ortho intramolecular Hbond substituents is 1. The molecule has 0 radical (unpaired) electrons. The van der Waals surface area contributed by atoms with Crippen molar-refractivity contribution in [1.29, 1.82) is 0 Å². The number of nitrogens with one attached hydrogen (secondary N) is 1. The minimum atomic E-state index is -0.229. The molecule has 0 bridgehead atoms. The molecule has 0 aliphatic rings. The Morgan fingerprint density at radius 1 is 1.39 bits per heavy atom. The van der Waals surface area contributed by atoms with Crippen LogP contribution in [-0.4, -0.2) is 11.0 Å². The maximum absolute atomic E-state index is 11.1. The van der Waals surface area contributed by atoms with Crippen molar-refractivity contribution >= 4 is 5.91 Å². The van der Waals surface area contributed by atoms with Crippen molar-refractivity contribution in [2.24, 2.45) is 5.84 Å². The topological polar surface area (TPSA) is 75.4 Å². The summed E-state index contributed by atoms with van der Waals surface area (Å²) in [5.41, 5.74) is 4.90. The third-order valence-electron chi connectivity index (χ3n) is 3.03. The maximum Gasteiger partial charge on any atom is 0.234 e. The van der Waals surface area contributed by atoms with E-state index in [1.165, 1.54) is 0 Å². The summed E-state index contributed by atoms with van der Waals surface area (Å²) in [6.45, 7) is 8.23. The van der Waals surface area contributed by atoms with Crippen LogP contribution in [0.1, 0.15) is 43.9 Å². The molecule has 0 aromatic heterocycles. The van der Waals surface area contributed by atoms with Gasteiger partial charge in [-0.05, 0) is 35.4 Å². The molecule has 0 atom stereocenters. The predicted molar refractivity (Wildman–Crippen MR) is 72.2 cm³/mol. The molecular formula is C14H22N2O2. The van der Waals surface area contributed by atoms with Gasteiger partial charge in [-0.15, -0.1) is 0 Å². The number of phenols is 1. The molecule has 4 N–H and O–H groups in total. The molecule has 0 fully saturated rings. The number of hydrazine groups is 1. The van der Waals surface area contributed by atoms with E-state index in [9.17, 15) is 9.90 Å². The number of aromatic hydroxyl groups is 1. The van der Waals surface area contributed by atoms with Gasteiger partial charge < -0.3 is 5.11 Å². The lowest BCUT2D eigenvalue weighted by atomic mass is 9.84. The lowest BCUT2D eigenvalue weighted by Gasteiger charge is -2.21. The summed E-state index contributed by atoms with van der Waals surface area (Å²) in [5, 5.41) is 10.0. The predicted octanol–water partition coefficient (Wildman–Crippen LogP) is 1.92. The molecule has 0 spiro atoms. The first-order valence-electron chi connectivity index (χ1n) is 6.08. The van der Waals surface area contributed by atoms with Gasteiger partial charge in [-0.2, -0.15) is 0 Å². The Kier molecular flexibility index (Phi) is 4.35.